The van der Waals surface area contributed by atoms with Gasteiger partial charge in [0.1, 0.15) is 5.82 Å². The van der Waals surface area contributed by atoms with E-state index in [2.05, 4.69) is 35.9 Å². The molecule has 0 aliphatic carbocycles. The number of rotatable bonds is 1. The van der Waals surface area contributed by atoms with Crippen molar-refractivity contribution in [1.29, 1.82) is 0 Å². The summed E-state index contributed by atoms with van der Waals surface area (Å²) < 4.78 is 0. The maximum atomic E-state index is 5.94. The van der Waals surface area contributed by atoms with Gasteiger partial charge in [0.2, 0.25) is 0 Å². The quantitative estimate of drug-likeness (QED) is 0.655. The first-order valence-corrected chi connectivity index (χ1v) is 6.45. The summed E-state index contributed by atoms with van der Waals surface area (Å²) >= 11 is 5.94. The lowest BCUT2D eigenvalue weighted by molar-refractivity contribution is 1.33. The molecule has 0 atom stereocenters. The van der Waals surface area contributed by atoms with E-state index in [-0.39, 0.29) is 0 Å². The van der Waals surface area contributed by atoms with Gasteiger partial charge in [-0.1, -0.05) is 17.7 Å². The molecule has 19 heavy (non-hydrogen) atoms. The Morgan fingerprint density at radius 3 is 2.68 bits per heavy atom. The van der Waals surface area contributed by atoms with Gasteiger partial charge in [0.25, 0.3) is 0 Å². The van der Waals surface area contributed by atoms with Crippen LogP contribution in [0.1, 0.15) is 11.1 Å². The van der Waals surface area contributed by atoms with E-state index in [1.54, 1.807) is 6.07 Å². The number of fused-ring (bicyclic) bond motifs is 1. The van der Waals surface area contributed by atoms with Gasteiger partial charge in [-0.25, -0.2) is 4.98 Å². The zero-order valence-corrected chi connectivity index (χ0v) is 11.5. The number of hydrogen-bond acceptors (Lipinski definition) is 2. The van der Waals surface area contributed by atoms with E-state index in [9.17, 15) is 0 Å². The maximum Gasteiger partial charge on any atom is 0.138 e. The average Bonchev–Trinajstić information content (AvgIpc) is 2.76. The van der Waals surface area contributed by atoms with Gasteiger partial charge in [0, 0.05) is 5.56 Å². The molecule has 0 aliphatic heterocycles. The van der Waals surface area contributed by atoms with E-state index in [1.165, 1.54) is 11.1 Å². The third kappa shape index (κ3) is 2.06. The summed E-state index contributed by atoms with van der Waals surface area (Å²) in [5.41, 5.74) is 11.8. The van der Waals surface area contributed by atoms with Crippen molar-refractivity contribution in [3.8, 4) is 11.4 Å². The lowest BCUT2D eigenvalue weighted by Crippen LogP contribution is -1.88. The number of aryl methyl sites for hydroxylation is 2. The van der Waals surface area contributed by atoms with E-state index in [0.29, 0.717) is 10.7 Å². The molecule has 0 saturated heterocycles. The summed E-state index contributed by atoms with van der Waals surface area (Å²) in [6, 6.07) is 9.76. The highest BCUT2D eigenvalue weighted by atomic mass is 35.5. The van der Waals surface area contributed by atoms with E-state index in [1.807, 2.05) is 12.1 Å². The van der Waals surface area contributed by atoms with Crippen LogP contribution in [-0.4, -0.2) is 9.97 Å². The van der Waals surface area contributed by atoms with Gasteiger partial charge in [-0.05, 0) is 49.2 Å². The molecule has 4 heteroatoms. The summed E-state index contributed by atoms with van der Waals surface area (Å²) in [5.74, 6) is 0.812. The lowest BCUT2D eigenvalue weighted by atomic mass is 10.1. The Morgan fingerprint density at radius 2 is 1.95 bits per heavy atom. The molecule has 0 amide bonds. The fourth-order valence-corrected chi connectivity index (χ4v) is 2.42. The summed E-state index contributed by atoms with van der Waals surface area (Å²) in [6.45, 7) is 4.14. The van der Waals surface area contributed by atoms with Crippen molar-refractivity contribution in [3.05, 3.63) is 46.5 Å². The molecule has 0 spiro atoms. The van der Waals surface area contributed by atoms with Crippen LogP contribution in [0, 0.1) is 13.8 Å². The van der Waals surface area contributed by atoms with Crippen LogP contribution < -0.4 is 5.73 Å². The van der Waals surface area contributed by atoms with E-state index in [4.69, 9.17) is 17.3 Å². The molecule has 3 aromatic rings. The predicted octanol–water partition coefficient (Wildman–Crippen LogP) is 4.08. The second-order valence-corrected chi connectivity index (χ2v) is 5.21. The van der Waals surface area contributed by atoms with Gasteiger partial charge in [-0.15, -0.1) is 0 Å². The zero-order chi connectivity index (χ0) is 13.6. The Morgan fingerprint density at radius 1 is 1.16 bits per heavy atom. The first-order chi connectivity index (χ1) is 9.04. The lowest BCUT2D eigenvalue weighted by Gasteiger charge is -2.00. The van der Waals surface area contributed by atoms with Gasteiger partial charge in [0.05, 0.1) is 21.7 Å². The number of H-pyrrole nitrogens is 1. The minimum Gasteiger partial charge on any atom is -0.398 e. The topological polar surface area (TPSA) is 54.7 Å². The molecule has 0 saturated carbocycles. The molecule has 2 aromatic carbocycles. The SMILES string of the molecule is Cc1cc(C)c2nc(-c3ccc(Cl)c(N)c3)[nH]c2c1. The highest BCUT2D eigenvalue weighted by Crippen LogP contribution is 2.27. The molecule has 3 nitrogen and oxygen atoms in total. The van der Waals surface area contributed by atoms with Gasteiger partial charge in [0.15, 0.2) is 0 Å². The first kappa shape index (κ1) is 12.1. The highest BCUT2D eigenvalue weighted by molar-refractivity contribution is 6.33. The number of hydrogen-bond donors (Lipinski definition) is 2. The Hall–Kier alpha value is -2.00. The number of aromatic nitrogens is 2. The van der Waals surface area contributed by atoms with Crippen molar-refractivity contribution in [3.63, 3.8) is 0 Å². The zero-order valence-electron chi connectivity index (χ0n) is 10.8. The van der Waals surface area contributed by atoms with Crippen molar-refractivity contribution < 1.29 is 0 Å². The van der Waals surface area contributed by atoms with Gasteiger partial charge in [-0.2, -0.15) is 0 Å². The van der Waals surface area contributed by atoms with Crippen LogP contribution >= 0.6 is 11.6 Å². The highest BCUT2D eigenvalue weighted by Gasteiger charge is 2.09. The van der Waals surface area contributed by atoms with Crippen molar-refractivity contribution >= 4 is 28.3 Å². The Balaban J connectivity index is 2.20. The number of anilines is 1. The molecular formula is C15H14ClN3. The normalized spacial score (nSPS) is 11.1. The molecule has 0 bridgehead atoms. The summed E-state index contributed by atoms with van der Waals surface area (Å²) in [5, 5.41) is 0.562. The molecular weight excluding hydrogens is 258 g/mol. The second kappa shape index (κ2) is 4.28. The number of halogens is 1. The van der Waals surface area contributed by atoms with Gasteiger partial charge in [-0.3, -0.25) is 0 Å². The third-order valence-electron chi connectivity index (χ3n) is 3.19. The molecule has 0 unspecified atom stereocenters. The first-order valence-electron chi connectivity index (χ1n) is 6.07. The molecule has 1 heterocycles. The number of benzene rings is 2. The van der Waals surface area contributed by atoms with E-state index in [0.717, 1.165) is 22.4 Å². The van der Waals surface area contributed by atoms with E-state index >= 15 is 0 Å². The van der Waals surface area contributed by atoms with E-state index < -0.39 is 0 Å². The molecule has 3 rings (SSSR count). The van der Waals surface area contributed by atoms with Gasteiger partial charge < -0.3 is 10.7 Å². The standard InChI is InChI=1S/C15H14ClN3/c1-8-5-9(2)14-13(6-8)18-15(19-14)10-3-4-11(16)12(17)7-10/h3-7H,17H2,1-2H3,(H,18,19). The third-order valence-corrected chi connectivity index (χ3v) is 3.54. The van der Waals surface area contributed by atoms with Crippen LogP contribution in [0.3, 0.4) is 0 Å². The van der Waals surface area contributed by atoms with Crippen LogP contribution in [0.5, 0.6) is 0 Å². The largest absolute Gasteiger partial charge is 0.398 e. The summed E-state index contributed by atoms with van der Waals surface area (Å²) in [4.78, 5) is 7.97. The predicted molar refractivity (Wildman–Crippen MR) is 80.4 cm³/mol. The van der Waals surface area contributed by atoms with Crippen molar-refractivity contribution in [2.75, 3.05) is 5.73 Å². The Bertz CT molecular complexity index is 774. The molecule has 0 radical (unpaired) electrons. The second-order valence-electron chi connectivity index (χ2n) is 4.80. The van der Waals surface area contributed by atoms with Crippen molar-refractivity contribution in [2.45, 2.75) is 13.8 Å². The maximum absolute atomic E-state index is 5.94. The molecule has 0 fully saturated rings. The van der Waals surface area contributed by atoms with Crippen LogP contribution in [-0.2, 0) is 0 Å². The Labute approximate surface area is 116 Å². The molecule has 3 N–H and O–H groups in total. The van der Waals surface area contributed by atoms with Gasteiger partial charge >= 0.3 is 0 Å². The smallest absolute Gasteiger partial charge is 0.138 e. The summed E-state index contributed by atoms with van der Waals surface area (Å²) in [7, 11) is 0. The number of nitrogens with two attached hydrogens (primary N) is 1. The minimum absolute atomic E-state index is 0.562. The summed E-state index contributed by atoms with van der Waals surface area (Å²) in [6.07, 6.45) is 0. The molecule has 1 aromatic heterocycles. The number of aromatic amines is 1. The fraction of sp³-hybridized carbons (Fsp3) is 0.133. The monoisotopic (exact) mass is 271 g/mol. The number of nitrogen functional groups attached to an aromatic ring is 1. The van der Waals surface area contributed by atoms with Crippen LogP contribution in [0.2, 0.25) is 5.02 Å². The average molecular weight is 272 g/mol. The van der Waals surface area contributed by atoms with Crippen molar-refractivity contribution in [2.24, 2.45) is 0 Å². The minimum atomic E-state index is 0.562. The van der Waals surface area contributed by atoms with Crippen molar-refractivity contribution in [1.82, 2.24) is 9.97 Å². The fourth-order valence-electron chi connectivity index (χ4n) is 2.30. The molecule has 96 valence electrons. The number of nitrogens with zero attached hydrogens (tertiary/aromatic N) is 1. The number of imidazole rings is 1. The Kier molecular flexibility index (Phi) is 2.72. The van der Waals surface area contributed by atoms with Crippen LogP contribution in [0.4, 0.5) is 5.69 Å². The molecule has 0 aliphatic rings. The van der Waals surface area contributed by atoms with Crippen LogP contribution in [0.15, 0.2) is 30.3 Å². The van der Waals surface area contributed by atoms with Crippen LogP contribution in [0.25, 0.3) is 22.4 Å². The number of nitrogens with one attached hydrogen (secondary N) is 1.